The van der Waals surface area contributed by atoms with Gasteiger partial charge in [0.1, 0.15) is 5.78 Å². The lowest BCUT2D eigenvalue weighted by Crippen LogP contribution is -2.29. The van der Waals surface area contributed by atoms with Gasteiger partial charge in [-0.05, 0) is 29.3 Å². The number of benzene rings is 2. The van der Waals surface area contributed by atoms with Crippen LogP contribution in [-0.4, -0.2) is 19.0 Å². The van der Waals surface area contributed by atoms with Crippen molar-refractivity contribution in [2.75, 3.05) is 7.11 Å². The monoisotopic (exact) mass is 271 g/mol. The Morgan fingerprint density at radius 1 is 1.15 bits per heavy atom. The Kier molecular flexibility index (Phi) is 4.35. The molecule has 1 unspecified atom stereocenters. The van der Waals surface area contributed by atoms with E-state index in [1.54, 1.807) is 0 Å². The quantitative estimate of drug-likeness (QED) is 0.929. The third kappa shape index (κ3) is 3.35. The molecule has 0 aliphatic carbocycles. The topological polar surface area (TPSA) is 55.4 Å². The van der Waals surface area contributed by atoms with Crippen LogP contribution in [0.2, 0.25) is 0 Å². The number of amides is 1. The fourth-order valence-electron chi connectivity index (χ4n) is 2.17. The smallest absolute Gasteiger partial charge is 0.407 e. The van der Waals surface area contributed by atoms with Crippen molar-refractivity contribution < 1.29 is 14.3 Å². The second kappa shape index (κ2) is 6.19. The standard InChI is InChI=1S/C16H17NO3/c1-11(18)9-15(17-16(19)20-2)14-8-7-12-5-3-4-6-13(12)10-14/h3-8,10,15H,9H2,1-2H3,(H,17,19). The van der Waals surface area contributed by atoms with Gasteiger partial charge in [-0.25, -0.2) is 4.79 Å². The van der Waals surface area contributed by atoms with Crippen LogP contribution in [0.15, 0.2) is 42.5 Å². The fourth-order valence-corrected chi connectivity index (χ4v) is 2.17. The Bertz CT molecular complexity index is 636. The van der Waals surface area contributed by atoms with Gasteiger partial charge in [0.2, 0.25) is 0 Å². The molecule has 0 saturated heterocycles. The molecule has 0 radical (unpaired) electrons. The Morgan fingerprint density at radius 3 is 2.50 bits per heavy atom. The zero-order valence-electron chi connectivity index (χ0n) is 11.6. The minimum absolute atomic E-state index is 0.0135. The van der Waals surface area contributed by atoms with Crippen LogP contribution in [0.3, 0.4) is 0 Å². The van der Waals surface area contributed by atoms with Gasteiger partial charge in [0, 0.05) is 6.42 Å². The average molecular weight is 271 g/mol. The molecule has 0 saturated carbocycles. The molecule has 0 fully saturated rings. The summed E-state index contributed by atoms with van der Waals surface area (Å²) in [7, 11) is 1.31. The lowest BCUT2D eigenvalue weighted by Gasteiger charge is -2.17. The summed E-state index contributed by atoms with van der Waals surface area (Å²) in [4.78, 5) is 22.8. The van der Waals surface area contributed by atoms with Crippen molar-refractivity contribution in [3.63, 3.8) is 0 Å². The summed E-state index contributed by atoms with van der Waals surface area (Å²) in [5.74, 6) is 0.0135. The number of methoxy groups -OCH3 is 1. The zero-order chi connectivity index (χ0) is 14.5. The molecule has 4 nitrogen and oxygen atoms in total. The van der Waals surface area contributed by atoms with E-state index in [4.69, 9.17) is 0 Å². The number of alkyl carbamates (subject to hydrolysis) is 1. The summed E-state index contributed by atoms with van der Waals surface area (Å²) in [6.45, 7) is 1.51. The predicted molar refractivity (Wildman–Crippen MR) is 77.5 cm³/mol. The van der Waals surface area contributed by atoms with Crippen molar-refractivity contribution in [3.8, 4) is 0 Å². The highest BCUT2D eigenvalue weighted by Crippen LogP contribution is 2.23. The normalized spacial score (nSPS) is 11.9. The lowest BCUT2D eigenvalue weighted by molar-refractivity contribution is -0.117. The fraction of sp³-hybridized carbons (Fsp3) is 0.250. The van der Waals surface area contributed by atoms with Gasteiger partial charge in [0.15, 0.2) is 0 Å². The molecule has 1 N–H and O–H groups in total. The van der Waals surface area contributed by atoms with E-state index in [-0.39, 0.29) is 18.2 Å². The maximum absolute atomic E-state index is 11.4. The van der Waals surface area contributed by atoms with Crippen LogP contribution in [0.25, 0.3) is 10.8 Å². The molecule has 0 aromatic heterocycles. The molecule has 4 heteroatoms. The molecule has 1 atom stereocenters. The number of fused-ring (bicyclic) bond motifs is 1. The number of hydrogen-bond donors (Lipinski definition) is 1. The van der Waals surface area contributed by atoms with E-state index < -0.39 is 6.09 Å². The molecule has 1 amide bonds. The maximum Gasteiger partial charge on any atom is 0.407 e. The SMILES string of the molecule is COC(=O)NC(CC(C)=O)c1ccc2ccccc2c1. The molecule has 0 aliphatic rings. The van der Waals surface area contributed by atoms with E-state index in [2.05, 4.69) is 10.1 Å². The van der Waals surface area contributed by atoms with E-state index >= 15 is 0 Å². The van der Waals surface area contributed by atoms with Gasteiger partial charge < -0.3 is 10.1 Å². The minimum Gasteiger partial charge on any atom is -0.453 e. The number of ketones is 1. The van der Waals surface area contributed by atoms with Crippen molar-refractivity contribution in [3.05, 3.63) is 48.0 Å². The van der Waals surface area contributed by atoms with Gasteiger partial charge in [-0.2, -0.15) is 0 Å². The Hall–Kier alpha value is -2.36. The summed E-state index contributed by atoms with van der Waals surface area (Å²) in [5, 5.41) is 4.89. The molecular formula is C16H17NO3. The molecule has 0 spiro atoms. The summed E-state index contributed by atoms with van der Waals surface area (Å²) in [6.07, 6.45) is -0.294. The highest BCUT2D eigenvalue weighted by molar-refractivity contribution is 5.84. The number of hydrogen-bond acceptors (Lipinski definition) is 3. The van der Waals surface area contributed by atoms with Crippen molar-refractivity contribution in [1.29, 1.82) is 0 Å². The van der Waals surface area contributed by atoms with Gasteiger partial charge in [-0.3, -0.25) is 4.79 Å². The molecule has 20 heavy (non-hydrogen) atoms. The highest BCUT2D eigenvalue weighted by Gasteiger charge is 2.17. The Balaban J connectivity index is 2.33. The van der Waals surface area contributed by atoms with Crippen LogP contribution in [-0.2, 0) is 9.53 Å². The summed E-state index contributed by atoms with van der Waals surface area (Å²) < 4.78 is 4.61. The first-order chi connectivity index (χ1) is 9.60. The number of Topliss-reactive ketones (excluding diaryl/α,β-unsaturated/α-hetero) is 1. The third-order valence-electron chi connectivity index (χ3n) is 3.14. The number of rotatable bonds is 4. The molecule has 0 heterocycles. The molecule has 104 valence electrons. The van der Waals surface area contributed by atoms with Gasteiger partial charge in [-0.15, -0.1) is 0 Å². The molecule has 2 aromatic rings. The van der Waals surface area contributed by atoms with Crippen molar-refractivity contribution in [2.24, 2.45) is 0 Å². The van der Waals surface area contributed by atoms with Crippen molar-refractivity contribution >= 4 is 22.6 Å². The molecule has 2 aromatic carbocycles. The van der Waals surface area contributed by atoms with Crippen molar-refractivity contribution in [1.82, 2.24) is 5.32 Å². The molecular weight excluding hydrogens is 254 g/mol. The molecule has 2 rings (SSSR count). The van der Waals surface area contributed by atoms with Crippen LogP contribution in [0.1, 0.15) is 24.9 Å². The maximum atomic E-state index is 11.4. The second-order valence-corrected chi connectivity index (χ2v) is 4.70. The van der Waals surface area contributed by atoms with Crippen molar-refractivity contribution in [2.45, 2.75) is 19.4 Å². The number of ether oxygens (including phenoxy) is 1. The number of nitrogens with one attached hydrogen (secondary N) is 1. The first-order valence-corrected chi connectivity index (χ1v) is 6.43. The van der Waals surface area contributed by atoms with Gasteiger partial charge in [0.25, 0.3) is 0 Å². The van der Waals surface area contributed by atoms with E-state index in [0.717, 1.165) is 16.3 Å². The predicted octanol–water partition coefficient (Wildman–Crippen LogP) is 3.22. The van der Waals surface area contributed by atoms with Crippen LogP contribution >= 0.6 is 0 Å². The number of carbonyl (C=O) groups is 2. The van der Waals surface area contributed by atoms with E-state index in [0.29, 0.717) is 0 Å². The largest absolute Gasteiger partial charge is 0.453 e. The van der Waals surface area contributed by atoms with Gasteiger partial charge in [0.05, 0.1) is 13.2 Å². The second-order valence-electron chi connectivity index (χ2n) is 4.70. The molecule has 0 aliphatic heterocycles. The van der Waals surface area contributed by atoms with E-state index in [1.807, 2.05) is 42.5 Å². The summed E-state index contributed by atoms with van der Waals surface area (Å²) >= 11 is 0. The third-order valence-corrected chi connectivity index (χ3v) is 3.14. The van der Waals surface area contributed by atoms with E-state index in [9.17, 15) is 9.59 Å². The average Bonchev–Trinajstić information content (AvgIpc) is 2.45. The minimum atomic E-state index is -0.538. The van der Waals surface area contributed by atoms with Crippen LogP contribution < -0.4 is 5.32 Å². The van der Waals surface area contributed by atoms with Gasteiger partial charge >= 0.3 is 6.09 Å². The lowest BCUT2D eigenvalue weighted by atomic mass is 9.98. The summed E-state index contributed by atoms with van der Waals surface area (Å²) in [5.41, 5.74) is 0.893. The van der Waals surface area contributed by atoms with Gasteiger partial charge in [-0.1, -0.05) is 36.4 Å². The first-order valence-electron chi connectivity index (χ1n) is 6.43. The zero-order valence-corrected chi connectivity index (χ0v) is 11.6. The molecule has 0 bridgehead atoms. The van der Waals surface area contributed by atoms with Crippen LogP contribution in [0.5, 0.6) is 0 Å². The summed E-state index contributed by atoms with van der Waals surface area (Å²) in [6, 6.07) is 13.5. The Labute approximate surface area is 117 Å². The van der Waals surface area contributed by atoms with Crippen LogP contribution in [0.4, 0.5) is 4.79 Å². The highest BCUT2D eigenvalue weighted by atomic mass is 16.5. The van der Waals surface area contributed by atoms with Crippen LogP contribution in [0, 0.1) is 0 Å². The number of carbonyl (C=O) groups excluding carboxylic acids is 2. The van der Waals surface area contributed by atoms with E-state index in [1.165, 1.54) is 14.0 Å². The first kappa shape index (κ1) is 14.1. The Morgan fingerprint density at radius 2 is 1.85 bits per heavy atom.